The van der Waals surface area contributed by atoms with Crippen LogP contribution in [0.3, 0.4) is 0 Å². The van der Waals surface area contributed by atoms with E-state index in [1.165, 1.54) is 7.11 Å². The highest BCUT2D eigenvalue weighted by Crippen LogP contribution is 2.36. The van der Waals surface area contributed by atoms with Gasteiger partial charge in [-0.05, 0) is 48.9 Å². The number of ether oxygens (including phenoxy) is 2. The Balaban J connectivity index is 1.99. The molecule has 3 rings (SSSR count). The largest absolute Gasteiger partial charge is 0.467 e. The summed E-state index contributed by atoms with van der Waals surface area (Å²) in [6.07, 6.45) is -0.175. The summed E-state index contributed by atoms with van der Waals surface area (Å²) >= 11 is 0. The molecule has 2 N–H and O–H groups in total. The smallest absolute Gasteiger partial charge is 0.408 e. The molecule has 34 heavy (non-hydrogen) atoms. The van der Waals surface area contributed by atoms with Crippen LogP contribution in [0.25, 0.3) is 11.1 Å². The minimum atomic E-state index is -1.34. The van der Waals surface area contributed by atoms with E-state index in [-0.39, 0.29) is 18.8 Å². The maximum Gasteiger partial charge on any atom is 0.408 e. The number of nitrogens with one attached hydrogen (secondary N) is 2. The van der Waals surface area contributed by atoms with Crippen LogP contribution >= 0.6 is 0 Å². The molecular weight excluding hydrogens is 432 g/mol. The molecule has 1 aliphatic carbocycles. The number of rotatable bonds is 5. The lowest BCUT2D eigenvalue weighted by Crippen LogP contribution is -2.62. The molecule has 0 aromatic heterocycles. The summed E-state index contributed by atoms with van der Waals surface area (Å²) in [5, 5.41) is 5.64. The fourth-order valence-corrected chi connectivity index (χ4v) is 4.35. The number of hydrogen-bond acceptors (Lipinski definition) is 5. The van der Waals surface area contributed by atoms with E-state index in [1.807, 2.05) is 62.4 Å². The highest BCUT2D eigenvalue weighted by Gasteiger charge is 2.45. The van der Waals surface area contributed by atoms with Gasteiger partial charge in [-0.25, -0.2) is 9.59 Å². The Morgan fingerprint density at radius 3 is 1.85 bits per heavy atom. The Labute approximate surface area is 201 Å². The fourth-order valence-electron chi connectivity index (χ4n) is 4.35. The fraction of sp³-hybridized carbons (Fsp3) is 0.444. The van der Waals surface area contributed by atoms with Gasteiger partial charge in [-0.15, -0.1) is 0 Å². The maximum atomic E-state index is 13.5. The van der Waals surface area contributed by atoms with Gasteiger partial charge in [0, 0.05) is 12.8 Å². The molecule has 182 valence electrons. The van der Waals surface area contributed by atoms with Gasteiger partial charge in [0.2, 0.25) is 5.91 Å². The lowest BCUT2D eigenvalue weighted by molar-refractivity contribution is -0.151. The van der Waals surface area contributed by atoms with Crippen LogP contribution in [0.4, 0.5) is 4.79 Å². The molecule has 0 saturated heterocycles. The van der Waals surface area contributed by atoms with Gasteiger partial charge < -0.3 is 20.1 Å². The Bertz CT molecular complexity index is 1020. The summed E-state index contributed by atoms with van der Waals surface area (Å²) in [6.45, 7) is 8.91. The Kier molecular flexibility index (Phi) is 7.34. The summed E-state index contributed by atoms with van der Waals surface area (Å²) < 4.78 is 10.5. The van der Waals surface area contributed by atoms with Crippen molar-refractivity contribution in [2.45, 2.75) is 64.6 Å². The zero-order valence-electron chi connectivity index (χ0n) is 20.7. The molecular formula is C27H34N2O5. The van der Waals surface area contributed by atoms with Crippen LogP contribution in [0.5, 0.6) is 0 Å². The van der Waals surface area contributed by atoms with E-state index in [2.05, 4.69) is 10.6 Å². The quantitative estimate of drug-likeness (QED) is 0.649. The van der Waals surface area contributed by atoms with Gasteiger partial charge in [-0.2, -0.15) is 0 Å². The van der Waals surface area contributed by atoms with Crippen molar-refractivity contribution in [1.82, 2.24) is 10.6 Å². The van der Waals surface area contributed by atoms with Crippen LogP contribution in [0, 0.1) is 5.92 Å². The molecule has 2 aromatic rings. The monoisotopic (exact) mass is 466 g/mol. The third kappa shape index (κ3) is 5.58. The van der Waals surface area contributed by atoms with E-state index in [9.17, 15) is 14.4 Å². The van der Waals surface area contributed by atoms with Gasteiger partial charge in [0.25, 0.3) is 0 Å². The molecule has 0 bridgehead atoms. The minimum absolute atomic E-state index is 0.243. The topological polar surface area (TPSA) is 93.7 Å². The first kappa shape index (κ1) is 25.3. The molecule has 0 saturated carbocycles. The van der Waals surface area contributed by atoms with E-state index < -0.39 is 35.2 Å². The molecule has 0 heterocycles. The molecule has 0 fully saturated rings. The third-order valence-corrected chi connectivity index (χ3v) is 5.87. The van der Waals surface area contributed by atoms with Crippen molar-refractivity contribution in [3.8, 4) is 11.1 Å². The zero-order chi connectivity index (χ0) is 25.1. The Morgan fingerprint density at radius 2 is 1.41 bits per heavy atom. The number of benzene rings is 2. The second-order valence-corrected chi connectivity index (χ2v) is 10.1. The summed E-state index contributed by atoms with van der Waals surface area (Å²) in [7, 11) is 1.32. The van der Waals surface area contributed by atoms with E-state index in [4.69, 9.17) is 9.47 Å². The number of alkyl carbamates (subject to hydrolysis) is 1. The van der Waals surface area contributed by atoms with Crippen molar-refractivity contribution in [2.24, 2.45) is 5.92 Å². The first-order valence-corrected chi connectivity index (χ1v) is 11.5. The minimum Gasteiger partial charge on any atom is -0.467 e. The second-order valence-electron chi connectivity index (χ2n) is 10.1. The molecule has 7 nitrogen and oxygen atoms in total. The average molecular weight is 467 g/mol. The normalized spacial score (nSPS) is 15.3. The van der Waals surface area contributed by atoms with Gasteiger partial charge in [-0.1, -0.05) is 62.4 Å². The summed E-state index contributed by atoms with van der Waals surface area (Å²) in [4.78, 5) is 39.2. The highest BCUT2D eigenvalue weighted by molar-refractivity contribution is 5.93. The lowest BCUT2D eigenvalue weighted by atomic mass is 9.85. The molecule has 2 aromatic carbocycles. The predicted octanol–water partition coefficient (Wildman–Crippen LogP) is 4.03. The van der Waals surface area contributed by atoms with Crippen molar-refractivity contribution in [2.75, 3.05) is 7.11 Å². The van der Waals surface area contributed by atoms with Crippen LogP contribution in [0.2, 0.25) is 0 Å². The zero-order valence-corrected chi connectivity index (χ0v) is 20.7. The van der Waals surface area contributed by atoms with E-state index in [1.54, 1.807) is 20.8 Å². The van der Waals surface area contributed by atoms with E-state index in [0.717, 1.165) is 22.3 Å². The molecule has 0 aliphatic heterocycles. The number of carbonyl (C=O) groups is 3. The molecule has 0 radical (unpaired) electrons. The average Bonchev–Trinajstić information content (AvgIpc) is 2.90. The number of esters is 1. The predicted molar refractivity (Wildman–Crippen MR) is 130 cm³/mol. The summed E-state index contributed by atoms with van der Waals surface area (Å²) in [5.41, 5.74) is 1.86. The first-order chi connectivity index (χ1) is 16.0. The van der Waals surface area contributed by atoms with Crippen molar-refractivity contribution < 1.29 is 23.9 Å². The number of methoxy groups -OCH3 is 1. The van der Waals surface area contributed by atoms with Gasteiger partial charge in [0.15, 0.2) is 0 Å². The van der Waals surface area contributed by atoms with Gasteiger partial charge >= 0.3 is 12.1 Å². The van der Waals surface area contributed by atoms with Crippen molar-refractivity contribution in [3.63, 3.8) is 0 Å². The van der Waals surface area contributed by atoms with Crippen LogP contribution in [-0.2, 0) is 31.9 Å². The van der Waals surface area contributed by atoms with Crippen molar-refractivity contribution in [1.29, 1.82) is 0 Å². The number of fused-ring (bicyclic) bond motifs is 3. The molecule has 0 unspecified atom stereocenters. The number of hydrogen-bond donors (Lipinski definition) is 2. The Morgan fingerprint density at radius 1 is 0.912 bits per heavy atom. The Hall–Kier alpha value is -3.35. The molecule has 2 amide bonds. The van der Waals surface area contributed by atoms with E-state index >= 15 is 0 Å². The number of carbonyl (C=O) groups excluding carboxylic acids is 3. The standard InChI is InChI=1S/C27H34N2O5/c1-17(2)22(28-25(32)34-26(3,4)5)23(30)29-27(24(31)33-6)15-18-11-7-9-13-20(18)21-14-10-8-12-19(21)16-27/h7-14,17,22H,15-16H2,1-6H3,(H,28,32)(H,29,30)/t22-/m1/s1. The maximum absolute atomic E-state index is 13.5. The number of amides is 2. The van der Waals surface area contributed by atoms with Crippen molar-refractivity contribution >= 4 is 18.0 Å². The van der Waals surface area contributed by atoms with Gasteiger partial charge in [0.05, 0.1) is 7.11 Å². The van der Waals surface area contributed by atoms with Gasteiger partial charge in [0.1, 0.15) is 17.2 Å². The van der Waals surface area contributed by atoms with Crippen molar-refractivity contribution in [3.05, 3.63) is 59.7 Å². The summed E-state index contributed by atoms with van der Waals surface area (Å²) in [5.74, 6) is -1.25. The third-order valence-electron chi connectivity index (χ3n) is 5.87. The van der Waals surface area contributed by atoms with Crippen LogP contribution in [-0.4, -0.2) is 42.3 Å². The van der Waals surface area contributed by atoms with E-state index in [0.29, 0.717) is 0 Å². The first-order valence-electron chi connectivity index (χ1n) is 11.5. The SMILES string of the molecule is COC(=O)C1(NC(=O)[C@H](NC(=O)OC(C)(C)C)C(C)C)Cc2ccccc2-c2ccccc2C1. The molecule has 1 aliphatic rings. The molecule has 1 atom stereocenters. The second kappa shape index (κ2) is 9.87. The lowest BCUT2D eigenvalue weighted by Gasteiger charge is -2.34. The molecule has 7 heteroatoms. The van der Waals surface area contributed by atoms with Crippen LogP contribution < -0.4 is 10.6 Å². The van der Waals surface area contributed by atoms with Crippen LogP contribution in [0.1, 0.15) is 45.7 Å². The summed E-state index contributed by atoms with van der Waals surface area (Å²) in [6, 6.07) is 14.8. The van der Waals surface area contributed by atoms with Crippen LogP contribution in [0.15, 0.2) is 48.5 Å². The molecule has 0 spiro atoms. The highest BCUT2D eigenvalue weighted by atomic mass is 16.6. The van der Waals surface area contributed by atoms with Gasteiger partial charge in [-0.3, -0.25) is 4.79 Å².